The van der Waals surface area contributed by atoms with Gasteiger partial charge in [0, 0.05) is 52.6 Å². The summed E-state index contributed by atoms with van der Waals surface area (Å²) >= 11 is 0. The number of aliphatic imine (C=N–C) groups is 1. The maximum Gasteiger partial charge on any atom is 0.193 e. The van der Waals surface area contributed by atoms with Crippen LogP contribution >= 0.6 is 0 Å². The first kappa shape index (κ1) is 18.5. The molecule has 2 heterocycles. The summed E-state index contributed by atoms with van der Waals surface area (Å²) in [5, 5.41) is 3.43. The highest BCUT2D eigenvalue weighted by Gasteiger charge is 2.18. The molecule has 23 heavy (non-hydrogen) atoms. The number of guanidine groups is 1. The van der Waals surface area contributed by atoms with E-state index in [2.05, 4.69) is 24.1 Å². The van der Waals surface area contributed by atoms with Gasteiger partial charge in [-0.25, -0.2) is 0 Å². The van der Waals surface area contributed by atoms with E-state index in [1.165, 1.54) is 12.8 Å². The maximum atomic E-state index is 5.82. The molecule has 2 aliphatic heterocycles. The van der Waals surface area contributed by atoms with Crippen LogP contribution in [0.5, 0.6) is 0 Å². The van der Waals surface area contributed by atoms with E-state index in [0.717, 1.165) is 83.7 Å². The molecule has 0 aromatic heterocycles. The molecule has 0 saturated carbocycles. The molecule has 0 radical (unpaired) electrons. The normalized spacial score (nSPS) is 21.7. The van der Waals surface area contributed by atoms with E-state index >= 15 is 0 Å². The lowest BCUT2D eigenvalue weighted by atomic mass is 10.00. The summed E-state index contributed by atoms with van der Waals surface area (Å²) in [6.45, 7) is 12.0. The second-order valence-corrected chi connectivity index (χ2v) is 6.89. The quantitative estimate of drug-likeness (QED) is 0.444. The summed E-state index contributed by atoms with van der Waals surface area (Å²) in [5.41, 5.74) is 0. The predicted octanol–water partition coefficient (Wildman–Crippen LogP) is 2.52. The number of hydrogen-bond donors (Lipinski definition) is 1. The lowest BCUT2D eigenvalue weighted by molar-refractivity contribution is 0.0205. The minimum atomic E-state index is 0.694. The largest absolute Gasteiger partial charge is 0.381 e. The van der Waals surface area contributed by atoms with Gasteiger partial charge in [0.05, 0.1) is 0 Å². The van der Waals surface area contributed by atoms with Gasteiger partial charge in [0.15, 0.2) is 5.96 Å². The molecule has 2 aliphatic rings. The molecule has 0 unspecified atom stereocenters. The molecule has 5 nitrogen and oxygen atoms in total. The van der Waals surface area contributed by atoms with Crippen molar-refractivity contribution in [2.24, 2.45) is 16.8 Å². The first-order chi connectivity index (χ1) is 11.3. The molecule has 0 atom stereocenters. The van der Waals surface area contributed by atoms with Gasteiger partial charge in [-0.1, -0.05) is 6.92 Å². The Morgan fingerprint density at radius 3 is 2.65 bits per heavy atom. The van der Waals surface area contributed by atoms with E-state index in [1.54, 1.807) is 0 Å². The van der Waals surface area contributed by atoms with E-state index in [9.17, 15) is 0 Å². The van der Waals surface area contributed by atoms with E-state index in [1.807, 2.05) is 0 Å². The molecule has 0 bridgehead atoms. The van der Waals surface area contributed by atoms with E-state index in [4.69, 9.17) is 14.5 Å². The van der Waals surface area contributed by atoms with Crippen LogP contribution in [0.4, 0.5) is 0 Å². The van der Waals surface area contributed by atoms with Gasteiger partial charge >= 0.3 is 0 Å². The molecule has 2 rings (SSSR count). The smallest absolute Gasteiger partial charge is 0.193 e. The first-order valence-electron chi connectivity index (χ1n) is 9.48. The molecule has 0 aromatic carbocycles. The Balaban J connectivity index is 1.60. The Kier molecular flexibility index (Phi) is 8.76. The van der Waals surface area contributed by atoms with Crippen LogP contribution in [0.25, 0.3) is 0 Å². The van der Waals surface area contributed by atoms with Gasteiger partial charge in [0.1, 0.15) is 0 Å². The lowest BCUT2D eigenvalue weighted by Crippen LogP contribution is -2.45. The summed E-state index contributed by atoms with van der Waals surface area (Å²) < 4.78 is 11.2. The Hall–Kier alpha value is -0.810. The Morgan fingerprint density at radius 2 is 1.96 bits per heavy atom. The highest BCUT2D eigenvalue weighted by atomic mass is 16.5. The van der Waals surface area contributed by atoms with Gasteiger partial charge in [0.25, 0.3) is 0 Å². The van der Waals surface area contributed by atoms with Crippen LogP contribution in [-0.4, -0.2) is 63.5 Å². The van der Waals surface area contributed by atoms with Gasteiger partial charge in [-0.05, 0) is 50.9 Å². The van der Waals surface area contributed by atoms with E-state index in [0.29, 0.717) is 5.92 Å². The third kappa shape index (κ3) is 7.08. The fraction of sp³-hybridized carbons (Fsp3) is 0.944. The van der Waals surface area contributed by atoms with Crippen molar-refractivity contribution in [2.75, 3.05) is 52.6 Å². The average Bonchev–Trinajstić information content (AvgIpc) is 2.59. The summed E-state index contributed by atoms with van der Waals surface area (Å²) in [4.78, 5) is 7.19. The molecule has 1 N–H and O–H groups in total. The van der Waals surface area contributed by atoms with Gasteiger partial charge in [-0.15, -0.1) is 0 Å². The van der Waals surface area contributed by atoms with Crippen molar-refractivity contribution < 1.29 is 9.47 Å². The SMILES string of the molecule is CCNC(=NCCCOCC1CCOCC1)N1CCC(C)CC1. The van der Waals surface area contributed by atoms with Crippen molar-refractivity contribution in [3.05, 3.63) is 0 Å². The van der Waals surface area contributed by atoms with Crippen molar-refractivity contribution in [3.63, 3.8) is 0 Å². The second-order valence-electron chi connectivity index (χ2n) is 6.89. The van der Waals surface area contributed by atoms with Crippen molar-refractivity contribution in [1.29, 1.82) is 0 Å². The van der Waals surface area contributed by atoms with Crippen LogP contribution in [0.15, 0.2) is 4.99 Å². The number of nitrogens with one attached hydrogen (secondary N) is 1. The summed E-state index contributed by atoms with van der Waals surface area (Å²) in [5.74, 6) is 2.64. The highest BCUT2D eigenvalue weighted by molar-refractivity contribution is 5.80. The molecule has 0 spiro atoms. The zero-order chi connectivity index (χ0) is 16.3. The second kappa shape index (κ2) is 10.9. The molecule has 2 saturated heterocycles. The van der Waals surface area contributed by atoms with Crippen molar-refractivity contribution in [2.45, 2.75) is 46.0 Å². The lowest BCUT2D eigenvalue weighted by Gasteiger charge is -2.33. The molecule has 2 fully saturated rings. The third-order valence-corrected chi connectivity index (χ3v) is 4.82. The first-order valence-corrected chi connectivity index (χ1v) is 9.48. The number of nitrogens with zero attached hydrogens (tertiary/aromatic N) is 2. The van der Waals surface area contributed by atoms with Crippen LogP contribution in [0, 0.1) is 11.8 Å². The Morgan fingerprint density at radius 1 is 1.22 bits per heavy atom. The minimum Gasteiger partial charge on any atom is -0.381 e. The van der Waals surface area contributed by atoms with Crippen molar-refractivity contribution in [1.82, 2.24) is 10.2 Å². The highest BCUT2D eigenvalue weighted by Crippen LogP contribution is 2.16. The van der Waals surface area contributed by atoms with Crippen LogP contribution in [0.2, 0.25) is 0 Å². The standard InChI is InChI=1S/C18H35N3O2/c1-3-19-18(21-10-5-16(2)6-11-21)20-9-4-12-23-15-17-7-13-22-14-8-17/h16-17H,3-15H2,1-2H3,(H,19,20). The molecule has 134 valence electrons. The fourth-order valence-electron chi connectivity index (χ4n) is 3.16. The predicted molar refractivity (Wildman–Crippen MR) is 94.9 cm³/mol. The fourth-order valence-corrected chi connectivity index (χ4v) is 3.16. The van der Waals surface area contributed by atoms with Crippen molar-refractivity contribution >= 4 is 5.96 Å². The zero-order valence-corrected chi connectivity index (χ0v) is 15.1. The van der Waals surface area contributed by atoms with E-state index < -0.39 is 0 Å². The number of hydrogen-bond acceptors (Lipinski definition) is 3. The number of rotatable bonds is 7. The van der Waals surface area contributed by atoms with E-state index in [-0.39, 0.29) is 0 Å². The molecular weight excluding hydrogens is 290 g/mol. The monoisotopic (exact) mass is 325 g/mol. The molecular formula is C18H35N3O2. The van der Waals surface area contributed by atoms with Gasteiger partial charge < -0.3 is 19.7 Å². The summed E-state index contributed by atoms with van der Waals surface area (Å²) in [7, 11) is 0. The number of likely N-dealkylation sites (tertiary alicyclic amines) is 1. The third-order valence-electron chi connectivity index (χ3n) is 4.82. The molecule has 0 aliphatic carbocycles. The average molecular weight is 325 g/mol. The number of ether oxygens (including phenoxy) is 2. The molecule has 0 amide bonds. The summed E-state index contributed by atoms with van der Waals surface area (Å²) in [6, 6.07) is 0. The maximum absolute atomic E-state index is 5.82. The topological polar surface area (TPSA) is 46.1 Å². The zero-order valence-electron chi connectivity index (χ0n) is 15.1. The van der Waals surface area contributed by atoms with Gasteiger partial charge in [-0.3, -0.25) is 4.99 Å². The molecule has 5 heteroatoms. The Labute approximate surface area is 141 Å². The van der Waals surface area contributed by atoms with Gasteiger partial charge in [-0.2, -0.15) is 0 Å². The number of piperidine rings is 1. The minimum absolute atomic E-state index is 0.694. The van der Waals surface area contributed by atoms with Gasteiger partial charge in [0.2, 0.25) is 0 Å². The van der Waals surface area contributed by atoms with Crippen molar-refractivity contribution in [3.8, 4) is 0 Å². The molecule has 0 aromatic rings. The van der Waals surface area contributed by atoms with Crippen LogP contribution in [0.1, 0.15) is 46.0 Å². The van der Waals surface area contributed by atoms with Crippen LogP contribution in [0.3, 0.4) is 0 Å². The Bertz CT molecular complexity index is 335. The van der Waals surface area contributed by atoms with Crippen LogP contribution < -0.4 is 5.32 Å². The van der Waals surface area contributed by atoms with Crippen LogP contribution in [-0.2, 0) is 9.47 Å². The summed E-state index contributed by atoms with van der Waals surface area (Å²) in [6.07, 6.45) is 5.85.